The number of nitrogens with zero attached hydrogens (tertiary/aromatic N) is 3. The highest BCUT2D eigenvalue weighted by Crippen LogP contribution is 2.41. The van der Waals surface area contributed by atoms with Gasteiger partial charge in [-0.15, -0.1) is 0 Å². The van der Waals surface area contributed by atoms with Gasteiger partial charge in [-0.25, -0.2) is 15.0 Å². The number of carbonyl (C=O) groups is 1. The highest BCUT2D eigenvalue weighted by Gasteiger charge is 2.34. The van der Waals surface area contributed by atoms with E-state index in [9.17, 15) is 4.79 Å². The molecule has 0 radical (unpaired) electrons. The van der Waals surface area contributed by atoms with Crippen LogP contribution < -0.4 is 20.7 Å². The third-order valence-electron chi connectivity index (χ3n) is 7.74. The minimum absolute atomic E-state index is 0.0593. The van der Waals surface area contributed by atoms with Crippen molar-refractivity contribution in [3.63, 3.8) is 0 Å². The fourth-order valence-corrected chi connectivity index (χ4v) is 5.31. The third kappa shape index (κ3) is 5.71. The SMILES string of the molecule is Cc1ccc2c(NC(=O)C[C@H]3C[C@@H]3C)cccc2c1Oc1ncccc1-c1ccnc(N[C@H]2CCCNC2)n1. The second kappa shape index (κ2) is 11.0. The Morgan fingerprint density at radius 3 is 2.79 bits per heavy atom. The molecular weight excluding hydrogens is 488 g/mol. The molecule has 0 spiro atoms. The number of anilines is 2. The van der Waals surface area contributed by atoms with Crippen molar-refractivity contribution in [2.45, 2.75) is 45.6 Å². The Hall–Kier alpha value is -4.04. The normalized spacial score (nSPS) is 20.4. The van der Waals surface area contributed by atoms with E-state index in [0.717, 1.165) is 65.6 Å². The van der Waals surface area contributed by atoms with Crippen LogP contribution >= 0.6 is 0 Å². The minimum atomic E-state index is 0.0593. The van der Waals surface area contributed by atoms with Crippen LogP contribution in [0.5, 0.6) is 11.6 Å². The molecule has 3 heterocycles. The van der Waals surface area contributed by atoms with E-state index in [1.165, 1.54) is 0 Å². The molecule has 6 rings (SSSR count). The van der Waals surface area contributed by atoms with E-state index in [4.69, 9.17) is 9.72 Å². The number of aromatic nitrogens is 3. The Balaban J connectivity index is 1.29. The molecule has 1 saturated heterocycles. The van der Waals surface area contributed by atoms with Crippen molar-refractivity contribution in [3.8, 4) is 22.9 Å². The van der Waals surface area contributed by atoms with E-state index in [1.807, 2.05) is 55.5 Å². The van der Waals surface area contributed by atoms with Gasteiger partial charge in [-0.2, -0.15) is 0 Å². The molecule has 8 nitrogen and oxygen atoms in total. The van der Waals surface area contributed by atoms with E-state index in [0.29, 0.717) is 41.9 Å². The lowest BCUT2D eigenvalue weighted by atomic mass is 10.0. The van der Waals surface area contributed by atoms with Gasteiger partial charge in [-0.3, -0.25) is 4.79 Å². The molecule has 2 aromatic carbocycles. The van der Waals surface area contributed by atoms with E-state index in [2.05, 4.69) is 32.8 Å². The first-order valence-corrected chi connectivity index (χ1v) is 13.8. The smallest absolute Gasteiger partial charge is 0.228 e. The topological polar surface area (TPSA) is 101 Å². The molecule has 1 aliphatic heterocycles. The Kier molecular flexibility index (Phi) is 7.11. The van der Waals surface area contributed by atoms with Gasteiger partial charge in [0.2, 0.25) is 17.7 Å². The number of hydrogen-bond acceptors (Lipinski definition) is 7. The van der Waals surface area contributed by atoms with E-state index in [-0.39, 0.29) is 5.91 Å². The molecule has 4 aromatic rings. The number of amides is 1. The van der Waals surface area contributed by atoms with Crippen molar-refractivity contribution in [2.24, 2.45) is 11.8 Å². The summed E-state index contributed by atoms with van der Waals surface area (Å²) in [6.07, 6.45) is 7.40. The lowest BCUT2D eigenvalue weighted by molar-refractivity contribution is -0.116. The van der Waals surface area contributed by atoms with Crippen molar-refractivity contribution in [1.82, 2.24) is 20.3 Å². The summed E-state index contributed by atoms with van der Waals surface area (Å²) in [6.45, 7) is 6.16. The number of ether oxygens (including phenoxy) is 1. The summed E-state index contributed by atoms with van der Waals surface area (Å²) in [4.78, 5) is 26.5. The maximum Gasteiger partial charge on any atom is 0.228 e. The number of hydrogen-bond donors (Lipinski definition) is 3. The van der Waals surface area contributed by atoms with Gasteiger partial charge in [0.1, 0.15) is 5.75 Å². The van der Waals surface area contributed by atoms with Gasteiger partial charge < -0.3 is 20.7 Å². The van der Waals surface area contributed by atoms with Crippen molar-refractivity contribution in [3.05, 3.63) is 66.5 Å². The van der Waals surface area contributed by atoms with Gasteiger partial charge in [0, 0.05) is 47.9 Å². The van der Waals surface area contributed by atoms with Crippen LogP contribution in [0.25, 0.3) is 22.0 Å². The lowest BCUT2D eigenvalue weighted by Gasteiger charge is -2.23. The molecular formula is C31H34N6O2. The van der Waals surface area contributed by atoms with Crippen LogP contribution in [-0.4, -0.2) is 40.0 Å². The molecule has 2 fully saturated rings. The third-order valence-corrected chi connectivity index (χ3v) is 7.74. The Morgan fingerprint density at radius 2 is 1.97 bits per heavy atom. The predicted molar refractivity (Wildman–Crippen MR) is 154 cm³/mol. The summed E-state index contributed by atoms with van der Waals surface area (Å²) in [5.41, 5.74) is 3.29. The van der Waals surface area contributed by atoms with Crippen LogP contribution in [0.4, 0.5) is 11.6 Å². The van der Waals surface area contributed by atoms with Crippen LogP contribution in [0.15, 0.2) is 60.9 Å². The van der Waals surface area contributed by atoms with Crippen molar-refractivity contribution < 1.29 is 9.53 Å². The number of pyridine rings is 1. The Bertz CT molecular complexity index is 1500. The standard InChI is InChI=1S/C31H34N6O2/c1-19-10-11-23-24(7-3-9-26(23)36-28(38)17-21-16-20(21)2)29(19)39-30-25(8-5-14-33-30)27-12-15-34-31(37-27)35-22-6-4-13-32-18-22/h3,5,7-12,14-15,20-22,32H,4,6,13,16-18H2,1-2H3,(H,36,38)(H,34,35,37)/t20-,21+,22-/m0/s1. The van der Waals surface area contributed by atoms with Crippen LogP contribution in [0.1, 0.15) is 38.2 Å². The first-order valence-electron chi connectivity index (χ1n) is 13.8. The van der Waals surface area contributed by atoms with E-state index < -0.39 is 0 Å². The molecule has 1 saturated carbocycles. The van der Waals surface area contributed by atoms with Gasteiger partial charge in [0.25, 0.3) is 0 Å². The molecule has 1 aliphatic carbocycles. The van der Waals surface area contributed by atoms with Crippen molar-refractivity contribution >= 4 is 28.3 Å². The second-order valence-electron chi connectivity index (χ2n) is 10.7. The van der Waals surface area contributed by atoms with Gasteiger partial charge in [-0.1, -0.05) is 31.2 Å². The minimum Gasteiger partial charge on any atom is -0.437 e. The summed E-state index contributed by atoms with van der Waals surface area (Å²) in [7, 11) is 0. The van der Waals surface area contributed by atoms with Gasteiger partial charge in [0.15, 0.2) is 0 Å². The van der Waals surface area contributed by atoms with Gasteiger partial charge >= 0.3 is 0 Å². The summed E-state index contributed by atoms with van der Waals surface area (Å²) in [6, 6.07) is 16.0. The molecule has 8 heteroatoms. The van der Waals surface area contributed by atoms with Crippen LogP contribution in [0.2, 0.25) is 0 Å². The zero-order valence-corrected chi connectivity index (χ0v) is 22.4. The number of fused-ring (bicyclic) bond motifs is 1. The second-order valence-corrected chi connectivity index (χ2v) is 10.7. The number of piperidine rings is 1. The van der Waals surface area contributed by atoms with Crippen LogP contribution in [-0.2, 0) is 4.79 Å². The Morgan fingerprint density at radius 1 is 1.08 bits per heavy atom. The first-order chi connectivity index (χ1) is 19.0. The predicted octanol–water partition coefficient (Wildman–Crippen LogP) is 5.94. The molecule has 3 atom stereocenters. The summed E-state index contributed by atoms with van der Waals surface area (Å²) in [5.74, 6) is 2.97. The van der Waals surface area contributed by atoms with E-state index >= 15 is 0 Å². The molecule has 2 aromatic heterocycles. The van der Waals surface area contributed by atoms with E-state index in [1.54, 1.807) is 12.4 Å². The first kappa shape index (κ1) is 25.2. The maximum atomic E-state index is 12.7. The molecule has 0 unspecified atom stereocenters. The Labute approximate surface area is 228 Å². The molecule has 2 aliphatic rings. The average molecular weight is 523 g/mol. The highest BCUT2D eigenvalue weighted by molar-refractivity contribution is 6.04. The molecule has 200 valence electrons. The molecule has 1 amide bonds. The summed E-state index contributed by atoms with van der Waals surface area (Å²) < 4.78 is 6.53. The number of benzene rings is 2. The van der Waals surface area contributed by atoms with Crippen molar-refractivity contribution in [1.29, 1.82) is 0 Å². The summed E-state index contributed by atoms with van der Waals surface area (Å²) in [5, 5.41) is 11.8. The monoisotopic (exact) mass is 522 g/mol. The quantitative estimate of drug-likeness (QED) is 0.263. The van der Waals surface area contributed by atoms with Crippen LogP contribution in [0.3, 0.4) is 0 Å². The molecule has 39 heavy (non-hydrogen) atoms. The highest BCUT2D eigenvalue weighted by atomic mass is 16.5. The van der Waals surface area contributed by atoms with Crippen LogP contribution in [0, 0.1) is 18.8 Å². The largest absolute Gasteiger partial charge is 0.437 e. The number of rotatable bonds is 8. The number of carbonyl (C=O) groups excluding carboxylic acids is 1. The maximum absolute atomic E-state index is 12.7. The molecule has 3 N–H and O–H groups in total. The van der Waals surface area contributed by atoms with Gasteiger partial charge in [0.05, 0.1) is 11.3 Å². The fourth-order valence-electron chi connectivity index (χ4n) is 5.31. The zero-order chi connectivity index (χ0) is 26.8. The summed E-state index contributed by atoms with van der Waals surface area (Å²) >= 11 is 0. The number of aryl methyl sites for hydroxylation is 1. The zero-order valence-electron chi connectivity index (χ0n) is 22.4. The fraction of sp³-hybridized carbons (Fsp3) is 0.355. The average Bonchev–Trinajstić information content (AvgIpc) is 3.65. The van der Waals surface area contributed by atoms with Crippen molar-refractivity contribution in [2.75, 3.05) is 23.7 Å². The molecule has 0 bridgehead atoms. The lowest BCUT2D eigenvalue weighted by Crippen LogP contribution is -2.38. The van der Waals surface area contributed by atoms with Gasteiger partial charge in [-0.05, 0) is 74.4 Å². The number of nitrogens with one attached hydrogen (secondary N) is 3.